The molecule has 138 valence electrons. The highest BCUT2D eigenvalue weighted by atomic mass is 32.1. The van der Waals surface area contributed by atoms with E-state index in [1.165, 1.54) is 11.3 Å². The molecule has 7 nitrogen and oxygen atoms in total. The van der Waals surface area contributed by atoms with Crippen molar-refractivity contribution in [3.63, 3.8) is 0 Å². The number of carbonyl (C=O) groups excluding carboxylic acids is 2. The maximum Gasteiger partial charge on any atom is 0.266 e. The summed E-state index contributed by atoms with van der Waals surface area (Å²) in [5.41, 5.74) is 0.755. The lowest BCUT2D eigenvalue weighted by Gasteiger charge is -2.35. The van der Waals surface area contributed by atoms with Crippen LogP contribution in [0.15, 0.2) is 0 Å². The Morgan fingerprint density at radius 2 is 2.20 bits per heavy atom. The van der Waals surface area contributed by atoms with Gasteiger partial charge in [-0.25, -0.2) is 4.98 Å². The first kappa shape index (κ1) is 18.1. The molecule has 2 atom stereocenters. The molecule has 4 rings (SSSR count). The monoisotopic (exact) mass is 366 g/mol. The Morgan fingerprint density at radius 3 is 2.92 bits per heavy atom. The van der Waals surface area contributed by atoms with Gasteiger partial charge in [0.05, 0.1) is 18.2 Å². The van der Waals surface area contributed by atoms with E-state index in [2.05, 4.69) is 10.3 Å². The molecule has 1 aromatic heterocycles. The minimum Gasteiger partial charge on any atom is -0.383 e. The number of thiazole rings is 1. The second-order valence-electron chi connectivity index (χ2n) is 6.63. The topological polar surface area (TPSA) is 74.8 Å². The van der Waals surface area contributed by atoms with E-state index in [1.807, 2.05) is 23.6 Å². The first-order valence-electron chi connectivity index (χ1n) is 8.85. The molecule has 3 aliphatic rings. The number of aromatic nitrogens is 1. The Labute approximate surface area is 152 Å². The summed E-state index contributed by atoms with van der Waals surface area (Å²) in [5.74, 6) is 0.0661. The number of nitrogens with one attached hydrogen (secondary N) is 1. The van der Waals surface area contributed by atoms with E-state index in [-0.39, 0.29) is 23.8 Å². The highest BCUT2D eigenvalue weighted by Gasteiger charge is 2.42. The normalized spacial score (nSPS) is 23.1. The SMILES string of the molecule is CCNc1nc(C)c(C(=O)N2C[C@H]3CC[C@@H](C2)N(CCOC)C3=O)s1. The summed E-state index contributed by atoms with van der Waals surface area (Å²) in [6, 6.07) is 0.0896. The number of methoxy groups -OCH3 is 1. The van der Waals surface area contributed by atoms with Crippen LogP contribution in [0.1, 0.15) is 35.1 Å². The zero-order chi connectivity index (χ0) is 18.0. The molecule has 0 aromatic carbocycles. The molecule has 0 radical (unpaired) electrons. The zero-order valence-electron chi connectivity index (χ0n) is 15.1. The molecule has 4 heterocycles. The van der Waals surface area contributed by atoms with Crippen LogP contribution in [-0.2, 0) is 9.53 Å². The van der Waals surface area contributed by atoms with Crippen molar-refractivity contribution in [3.05, 3.63) is 10.6 Å². The summed E-state index contributed by atoms with van der Waals surface area (Å²) in [6.45, 7) is 6.88. The van der Waals surface area contributed by atoms with Crippen LogP contribution in [0.5, 0.6) is 0 Å². The Balaban J connectivity index is 1.77. The number of rotatable bonds is 6. The molecule has 0 aliphatic carbocycles. The molecule has 0 saturated carbocycles. The number of hydrogen-bond donors (Lipinski definition) is 1. The van der Waals surface area contributed by atoms with E-state index in [1.54, 1.807) is 7.11 Å². The van der Waals surface area contributed by atoms with Gasteiger partial charge >= 0.3 is 0 Å². The fourth-order valence-electron chi connectivity index (χ4n) is 3.66. The molecule has 25 heavy (non-hydrogen) atoms. The van der Waals surface area contributed by atoms with Crippen molar-refractivity contribution in [1.82, 2.24) is 14.8 Å². The van der Waals surface area contributed by atoms with Crippen molar-refractivity contribution < 1.29 is 14.3 Å². The van der Waals surface area contributed by atoms with Crippen LogP contribution in [0.4, 0.5) is 5.13 Å². The van der Waals surface area contributed by atoms with E-state index in [0.717, 1.165) is 30.2 Å². The first-order valence-corrected chi connectivity index (χ1v) is 9.66. The second-order valence-corrected chi connectivity index (χ2v) is 7.63. The second kappa shape index (κ2) is 7.70. The van der Waals surface area contributed by atoms with Crippen LogP contribution in [0.25, 0.3) is 0 Å². The van der Waals surface area contributed by atoms with Crippen molar-refractivity contribution in [2.45, 2.75) is 32.7 Å². The maximum absolute atomic E-state index is 13.1. The molecule has 1 aromatic rings. The minimum atomic E-state index is -0.0963. The summed E-state index contributed by atoms with van der Waals surface area (Å²) in [5, 5.41) is 3.94. The van der Waals surface area contributed by atoms with Crippen LogP contribution in [0.3, 0.4) is 0 Å². The van der Waals surface area contributed by atoms with Crippen LogP contribution >= 0.6 is 11.3 Å². The third-order valence-electron chi connectivity index (χ3n) is 4.94. The van der Waals surface area contributed by atoms with Gasteiger partial charge in [0.1, 0.15) is 4.88 Å². The zero-order valence-corrected chi connectivity index (χ0v) is 15.9. The van der Waals surface area contributed by atoms with Gasteiger partial charge < -0.3 is 19.9 Å². The number of ether oxygens (including phenoxy) is 1. The van der Waals surface area contributed by atoms with Crippen molar-refractivity contribution in [2.24, 2.45) is 5.92 Å². The molecule has 3 saturated heterocycles. The Bertz CT molecular complexity index is 648. The highest BCUT2D eigenvalue weighted by molar-refractivity contribution is 7.17. The fraction of sp³-hybridized carbons (Fsp3) is 0.706. The predicted molar refractivity (Wildman–Crippen MR) is 97.0 cm³/mol. The standard InChI is InChI=1S/C17H26N4O3S/c1-4-18-17-19-11(2)14(25-17)16(23)20-9-12-5-6-13(10-20)21(15(12)22)7-8-24-3/h12-13H,4-10H2,1-3H3,(H,18,19)/t12-,13+/m1/s1. The van der Waals surface area contributed by atoms with E-state index >= 15 is 0 Å². The number of fused-ring (bicyclic) bond motifs is 4. The van der Waals surface area contributed by atoms with Crippen LogP contribution in [-0.4, -0.2) is 72.5 Å². The Morgan fingerprint density at radius 1 is 1.40 bits per heavy atom. The molecular weight excluding hydrogens is 340 g/mol. The number of carbonyl (C=O) groups is 2. The van der Waals surface area contributed by atoms with Gasteiger partial charge in [0.25, 0.3) is 5.91 Å². The van der Waals surface area contributed by atoms with Gasteiger partial charge in [0.15, 0.2) is 5.13 Å². The number of nitrogens with zero attached hydrogens (tertiary/aromatic N) is 3. The van der Waals surface area contributed by atoms with Gasteiger partial charge in [-0.1, -0.05) is 11.3 Å². The average molecular weight is 366 g/mol. The molecule has 1 N–H and O–H groups in total. The summed E-state index contributed by atoms with van der Waals surface area (Å²) >= 11 is 1.40. The van der Waals surface area contributed by atoms with Crippen molar-refractivity contribution in [1.29, 1.82) is 0 Å². The summed E-state index contributed by atoms with van der Waals surface area (Å²) < 4.78 is 5.14. The van der Waals surface area contributed by atoms with Crippen LogP contribution in [0, 0.1) is 12.8 Å². The Hall–Kier alpha value is -1.67. The lowest BCUT2D eigenvalue weighted by molar-refractivity contribution is -0.140. The molecule has 3 aliphatic heterocycles. The van der Waals surface area contributed by atoms with E-state index < -0.39 is 0 Å². The van der Waals surface area contributed by atoms with E-state index in [4.69, 9.17) is 4.74 Å². The van der Waals surface area contributed by atoms with Crippen molar-refractivity contribution in [2.75, 3.05) is 45.2 Å². The quantitative estimate of drug-likeness (QED) is 0.828. The van der Waals surface area contributed by atoms with Gasteiger partial charge in [-0.05, 0) is 26.7 Å². The molecular formula is C17H26N4O3S. The lowest BCUT2D eigenvalue weighted by atomic mass is 9.94. The molecule has 0 unspecified atom stereocenters. The van der Waals surface area contributed by atoms with Crippen LogP contribution < -0.4 is 5.32 Å². The fourth-order valence-corrected chi connectivity index (χ4v) is 4.66. The van der Waals surface area contributed by atoms with Gasteiger partial charge in [0.2, 0.25) is 5.91 Å². The molecule has 0 spiro atoms. The minimum absolute atomic E-state index is 0.00237. The molecule has 2 bridgehead atoms. The predicted octanol–water partition coefficient (Wildman–Crippen LogP) is 1.59. The van der Waals surface area contributed by atoms with Gasteiger partial charge in [-0.15, -0.1) is 0 Å². The largest absolute Gasteiger partial charge is 0.383 e. The molecule has 8 heteroatoms. The van der Waals surface area contributed by atoms with Gasteiger partial charge in [0, 0.05) is 39.3 Å². The molecule has 3 fully saturated rings. The number of amides is 2. The maximum atomic E-state index is 13.1. The van der Waals surface area contributed by atoms with Gasteiger partial charge in [-0.2, -0.15) is 0 Å². The number of anilines is 1. The third-order valence-corrected chi connectivity index (χ3v) is 6.04. The number of hydrogen-bond acceptors (Lipinski definition) is 6. The Kier molecular flexibility index (Phi) is 5.58. The first-order chi connectivity index (χ1) is 12.0. The van der Waals surface area contributed by atoms with E-state index in [9.17, 15) is 9.59 Å². The highest BCUT2D eigenvalue weighted by Crippen LogP contribution is 2.31. The van der Waals surface area contributed by atoms with Crippen LogP contribution in [0.2, 0.25) is 0 Å². The smallest absolute Gasteiger partial charge is 0.266 e. The summed E-state index contributed by atoms with van der Waals surface area (Å²) in [4.78, 5) is 34.6. The molecule has 2 amide bonds. The average Bonchev–Trinajstić information content (AvgIpc) is 2.77. The van der Waals surface area contributed by atoms with E-state index in [0.29, 0.717) is 31.1 Å². The summed E-state index contributed by atoms with van der Waals surface area (Å²) in [7, 11) is 1.64. The summed E-state index contributed by atoms with van der Waals surface area (Å²) in [6.07, 6.45) is 1.81. The van der Waals surface area contributed by atoms with Crippen molar-refractivity contribution in [3.8, 4) is 0 Å². The van der Waals surface area contributed by atoms with Crippen molar-refractivity contribution >= 4 is 28.3 Å². The number of aryl methyl sites for hydroxylation is 1. The lowest BCUT2D eigenvalue weighted by Crippen LogP contribution is -2.49. The number of piperidine rings is 1. The third kappa shape index (κ3) is 3.64. The van der Waals surface area contributed by atoms with Gasteiger partial charge in [-0.3, -0.25) is 9.59 Å².